The maximum Gasteiger partial charge on any atom is 0.319 e. The van der Waals surface area contributed by atoms with E-state index in [1.165, 1.54) is 12.8 Å². The van der Waals surface area contributed by atoms with Crippen molar-refractivity contribution >= 4 is 27.5 Å². The Balaban J connectivity index is 1.23. The summed E-state index contributed by atoms with van der Waals surface area (Å²) in [5.74, 6) is 0.226. The number of rotatable bonds is 6. The molecule has 2 aromatic heterocycles. The largest absolute Gasteiger partial charge is 0.508 e. The lowest BCUT2D eigenvalue weighted by Gasteiger charge is -2.35. The summed E-state index contributed by atoms with van der Waals surface area (Å²) >= 11 is 0. The van der Waals surface area contributed by atoms with E-state index in [1.54, 1.807) is 18.3 Å². The highest BCUT2D eigenvalue weighted by atomic mass is 19.1. The minimum absolute atomic E-state index is 0.00966. The fourth-order valence-electron chi connectivity index (χ4n) is 8.22. The number of hydrogen-bond acceptors (Lipinski definition) is 8. The van der Waals surface area contributed by atoms with Crippen LogP contribution in [0, 0.1) is 5.82 Å². The van der Waals surface area contributed by atoms with E-state index in [0.29, 0.717) is 41.5 Å². The molecule has 8 rings (SSSR count). The van der Waals surface area contributed by atoms with Crippen LogP contribution in [0.4, 0.5) is 10.2 Å². The van der Waals surface area contributed by atoms with Gasteiger partial charge in [0.25, 0.3) is 0 Å². The predicted octanol–water partition coefficient (Wildman–Crippen LogP) is 5.42. The van der Waals surface area contributed by atoms with Gasteiger partial charge in [-0.05, 0) is 74.4 Å². The Hall–Kier alpha value is -3.56. The minimum atomic E-state index is -0.526. The Morgan fingerprint density at radius 1 is 1.07 bits per heavy atom. The van der Waals surface area contributed by atoms with Crippen LogP contribution >= 0.6 is 0 Å². The quantitative estimate of drug-likeness (QED) is 0.319. The maximum atomic E-state index is 16.6. The molecule has 4 unspecified atom stereocenters. The number of piperazine rings is 1. The molecule has 4 aliphatic heterocycles. The summed E-state index contributed by atoms with van der Waals surface area (Å²) in [7, 11) is 0. The molecule has 42 heavy (non-hydrogen) atoms. The topological polar surface area (TPSA) is 86.6 Å². The molecule has 0 radical (unpaired) electrons. The van der Waals surface area contributed by atoms with Gasteiger partial charge in [-0.15, -0.1) is 0 Å². The first-order valence-electron chi connectivity index (χ1n) is 15.5. The Bertz CT molecular complexity index is 1670. The van der Waals surface area contributed by atoms with E-state index < -0.39 is 5.82 Å². The highest BCUT2D eigenvalue weighted by Crippen LogP contribution is 2.44. The average Bonchev–Trinajstić information content (AvgIpc) is 3.68. The van der Waals surface area contributed by atoms with Gasteiger partial charge < -0.3 is 20.1 Å². The molecule has 0 saturated carbocycles. The fourth-order valence-corrected chi connectivity index (χ4v) is 8.22. The summed E-state index contributed by atoms with van der Waals surface area (Å²) in [4.78, 5) is 19.2. The molecule has 4 atom stereocenters. The number of phenols is 1. The van der Waals surface area contributed by atoms with Crippen molar-refractivity contribution < 1.29 is 14.2 Å². The fraction of sp³-hybridized carbons (Fsp3) is 0.485. The van der Waals surface area contributed by atoms with Gasteiger partial charge in [-0.1, -0.05) is 31.2 Å². The summed E-state index contributed by atoms with van der Waals surface area (Å²) in [6.45, 7) is 5.50. The molecule has 8 nitrogen and oxygen atoms in total. The Morgan fingerprint density at radius 2 is 1.90 bits per heavy atom. The van der Waals surface area contributed by atoms with Crippen molar-refractivity contribution in [2.45, 2.75) is 75.5 Å². The number of phenolic OH excluding ortho intramolecular Hbond substituents is 1. The van der Waals surface area contributed by atoms with Crippen LogP contribution in [-0.2, 0) is 0 Å². The van der Waals surface area contributed by atoms with Crippen molar-refractivity contribution in [1.82, 2.24) is 25.2 Å². The Kier molecular flexibility index (Phi) is 6.23. The van der Waals surface area contributed by atoms with Crippen LogP contribution in [0.3, 0.4) is 0 Å². The van der Waals surface area contributed by atoms with Crippen LogP contribution < -0.4 is 15.0 Å². The SMILES string of the molecule is CCC1CCC2(COc3nc(N4CC5CCC(C4)N5)c4cnc(-c5cc(O)cc6ccccc56)c(F)c4n3)CCCN12. The highest BCUT2D eigenvalue weighted by molar-refractivity contribution is 5.99. The lowest BCUT2D eigenvalue weighted by molar-refractivity contribution is 0.0836. The van der Waals surface area contributed by atoms with Crippen LogP contribution in [-0.4, -0.2) is 74.9 Å². The van der Waals surface area contributed by atoms with Crippen LogP contribution in [0.2, 0.25) is 0 Å². The third kappa shape index (κ3) is 4.20. The third-order valence-corrected chi connectivity index (χ3v) is 10.2. The summed E-state index contributed by atoms with van der Waals surface area (Å²) in [5.41, 5.74) is 0.907. The summed E-state index contributed by atoms with van der Waals surface area (Å²) in [6, 6.07) is 12.5. The van der Waals surface area contributed by atoms with Crippen LogP contribution in [0.1, 0.15) is 51.9 Å². The van der Waals surface area contributed by atoms with Crippen molar-refractivity contribution in [2.24, 2.45) is 0 Å². The lowest BCUT2D eigenvalue weighted by Crippen LogP contribution is -2.51. The van der Waals surface area contributed by atoms with Crippen molar-refractivity contribution in [3.8, 4) is 23.0 Å². The third-order valence-electron chi connectivity index (χ3n) is 10.2. The number of benzene rings is 2. The van der Waals surface area contributed by atoms with E-state index in [9.17, 15) is 5.11 Å². The van der Waals surface area contributed by atoms with Crippen molar-refractivity contribution in [2.75, 3.05) is 31.1 Å². The second-order valence-electron chi connectivity index (χ2n) is 12.7. The zero-order valence-corrected chi connectivity index (χ0v) is 24.0. The van der Waals surface area contributed by atoms with Crippen LogP contribution in [0.15, 0.2) is 42.6 Å². The normalized spacial score (nSPS) is 27.3. The van der Waals surface area contributed by atoms with E-state index in [2.05, 4.69) is 27.0 Å². The number of aromatic hydroxyl groups is 1. The number of ether oxygens (including phenoxy) is 1. The van der Waals surface area contributed by atoms with E-state index in [1.807, 2.05) is 24.3 Å². The number of pyridine rings is 1. The number of nitrogens with zero attached hydrogens (tertiary/aromatic N) is 5. The minimum Gasteiger partial charge on any atom is -0.508 e. The van der Waals surface area contributed by atoms with Crippen LogP contribution in [0.5, 0.6) is 11.8 Å². The Morgan fingerprint density at radius 3 is 2.74 bits per heavy atom. The second kappa shape index (κ2) is 10.0. The molecule has 4 saturated heterocycles. The molecule has 2 aromatic carbocycles. The zero-order chi connectivity index (χ0) is 28.4. The first-order chi connectivity index (χ1) is 20.5. The summed E-state index contributed by atoms with van der Waals surface area (Å²) in [6.07, 6.45) is 9.68. The standard InChI is InChI=1S/C33H37FN6O2/c1-2-23-10-12-33(11-5-13-40(23)33)19-42-32-37-30-27(31(38-32)39-17-21-8-9-22(18-39)36-21)16-35-29(28(30)34)26-15-24(41)14-20-6-3-4-7-25(20)26/h3-4,6-7,14-16,21-23,36,41H,2,5,8-13,17-19H2,1H3. The molecule has 2 N–H and O–H groups in total. The molecule has 2 bridgehead atoms. The van der Waals surface area contributed by atoms with Gasteiger partial charge in [-0.25, -0.2) is 4.39 Å². The first-order valence-corrected chi connectivity index (χ1v) is 15.5. The number of halogens is 1. The molecular weight excluding hydrogens is 531 g/mol. The smallest absolute Gasteiger partial charge is 0.319 e. The Labute approximate surface area is 244 Å². The van der Waals surface area contributed by atoms with Crippen molar-refractivity contribution in [3.05, 3.63) is 48.4 Å². The molecule has 4 aliphatic rings. The predicted molar refractivity (Wildman–Crippen MR) is 162 cm³/mol. The van der Waals surface area contributed by atoms with Gasteiger partial charge in [0.2, 0.25) is 0 Å². The monoisotopic (exact) mass is 568 g/mol. The number of anilines is 1. The molecule has 9 heteroatoms. The molecular formula is C33H37FN6O2. The number of hydrogen-bond donors (Lipinski definition) is 2. The lowest BCUT2D eigenvalue weighted by atomic mass is 9.95. The van der Waals surface area contributed by atoms with E-state index in [-0.39, 0.29) is 28.5 Å². The molecule has 0 spiro atoms. The van der Waals surface area contributed by atoms with Crippen molar-refractivity contribution in [3.63, 3.8) is 0 Å². The zero-order valence-electron chi connectivity index (χ0n) is 24.0. The number of fused-ring (bicyclic) bond motifs is 5. The molecule has 0 aliphatic carbocycles. The summed E-state index contributed by atoms with van der Waals surface area (Å²) < 4.78 is 23.1. The average molecular weight is 569 g/mol. The highest BCUT2D eigenvalue weighted by Gasteiger charge is 2.49. The van der Waals surface area contributed by atoms with Gasteiger partial charge in [0.05, 0.1) is 10.9 Å². The van der Waals surface area contributed by atoms with E-state index in [4.69, 9.17) is 14.7 Å². The maximum absolute atomic E-state index is 16.6. The van der Waals surface area contributed by atoms with Crippen LogP contribution in [0.25, 0.3) is 32.9 Å². The first kappa shape index (κ1) is 26.1. The van der Waals surface area contributed by atoms with Gasteiger partial charge in [-0.3, -0.25) is 9.88 Å². The summed E-state index contributed by atoms with van der Waals surface area (Å²) in [5, 5.41) is 16.4. The van der Waals surface area contributed by atoms with Gasteiger partial charge in [0.15, 0.2) is 5.82 Å². The van der Waals surface area contributed by atoms with Crippen molar-refractivity contribution in [1.29, 1.82) is 0 Å². The van der Waals surface area contributed by atoms with Gasteiger partial charge >= 0.3 is 6.01 Å². The molecule has 6 heterocycles. The molecule has 218 valence electrons. The molecule has 0 amide bonds. The van der Waals surface area contributed by atoms with Gasteiger partial charge in [0.1, 0.15) is 29.4 Å². The second-order valence-corrected chi connectivity index (χ2v) is 12.7. The molecule has 4 aromatic rings. The van der Waals surface area contributed by atoms with Gasteiger partial charge in [-0.2, -0.15) is 9.97 Å². The van der Waals surface area contributed by atoms with E-state index >= 15 is 4.39 Å². The van der Waals surface area contributed by atoms with Gasteiger partial charge in [0, 0.05) is 43.0 Å². The molecule has 4 fully saturated rings. The van der Waals surface area contributed by atoms with E-state index in [0.717, 1.165) is 62.5 Å². The number of nitrogens with one attached hydrogen (secondary N) is 1. The number of aromatic nitrogens is 3.